The molecule has 0 unspecified atom stereocenters. The molecule has 2 aromatic rings. The Bertz CT molecular complexity index is 774. The van der Waals surface area contributed by atoms with Crippen molar-refractivity contribution in [3.8, 4) is 11.5 Å². The molecule has 0 atom stereocenters. The summed E-state index contributed by atoms with van der Waals surface area (Å²) in [6, 6.07) is 14.4. The molecule has 0 saturated heterocycles. The minimum Gasteiger partial charge on any atom is -0.493 e. The first-order valence-electron chi connectivity index (χ1n) is 9.01. The van der Waals surface area contributed by atoms with Crippen molar-refractivity contribution in [3.63, 3.8) is 0 Å². The summed E-state index contributed by atoms with van der Waals surface area (Å²) < 4.78 is 34.3. The quantitative estimate of drug-likeness (QED) is 0.773. The van der Waals surface area contributed by atoms with Crippen LogP contribution >= 0.6 is 0 Å². The number of carbonyl (C=O) groups excluding carboxylic acids is 1. The van der Waals surface area contributed by atoms with Gasteiger partial charge in [-0.05, 0) is 36.6 Å². The Morgan fingerprint density at radius 1 is 1.11 bits per heavy atom. The van der Waals surface area contributed by atoms with Gasteiger partial charge in [0, 0.05) is 17.5 Å². The summed E-state index contributed by atoms with van der Waals surface area (Å²) in [6.07, 6.45) is 4.33. The van der Waals surface area contributed by atoms with Gasteiger partial charge in [0.25, 0.3) is 5.91 Å². The molecule has 1 saturated carbocycles. The summed E-state index contributed by atoms with van der Waals surface area (Å²) in [5, 5.41) is 3.01. The molecule has 6 heteroatoms. The summed E-state index contributed by atoms with van der Waals surface area (Å²) in [4.78, 5) is 12.6. The van der Waals surface area contributed by atoms with Crippen molar-refractivity contribution in [1.29, 1.82) is 0 Å². The van der Waals surface area contributed by atoms with E-state index >= 15 is 0 Å². The van der Waals surface area contributed by atoms with Crippen LogP contribution in [0.3, 0.4) is 0 Å². The first-order valence-corrected chi connectivity index (χ1v) is 9.01. The maximum absolute atomic E-state index is 12.6. The molecule has 1 aliphatic carbocycles. The van der Waals surface area contributed by atoms with Crippen molar-refractivity contribution < 1.29 is 23.0 Å². The van der Waals surface area contributed by atoms with E-state index in [-0.39, 0.29) is 22.8 Å². The number of hydrogen-bond acceptors (Lipinski definition) is 3. The molecule has 0 heterocycles. The third-order valence-corrected chi connectivity index (χ3v) is 5.18. The number of ether oxygens (including phenoxy) is 2. The Kier molecular flexibility index (Phi) is 5.94. The van der Waals surface area contributed by atoms with Crippen molar-refractivity contribution in [3.05, 3.63) is 59.7 Å². The van der Waals surface area contributed by atoms with Gasteiger partial charge >= 0.3 is 6.61 Å². The molecular weight excluding hydrogens is 352 g/mol. The SMILES string of the molecule is COc1cc(C(=O)NCC2(c3ccccc3)CCCC2)ccc1OC(F)F. The van der Waals surface area contributed by atoms with Gasteiger partial charge < -0.3 is 14.8 Å². The highest BCUT2D eigenvalue weighted by atomic mass is 19.3. The number of hydrogen-bond donors (Lipinski definition) is 1. The van der Waals surface area contributed by atoms with E-state index < -0.39 is 6.61 Å². The topological polar surface area (TPSA) is 47.6 Å². The summed E-state index contributed by atoms with van der Waals surface area (Å²) >= 11 is 0. The molecule has 2 aromatic carbocycles. The first-order chi connectivity index (χ1) is 13.0. The standard InChI is InChI=1S/C21H23F2NO3/c1-26-18-13-15(9-10-17(18)27-20(22)23)19(25)24-14-21(11-5-6-12-21)16-7-3-2-4-8-16/h2-4,7-10,13,20H,5-6,11-12,14H2,1H3,(H,24,25). The minimum atomic E-state index is -2.95. The van der Waals surface area contributed by atoms with Gasteiger partial charge in [0.05, 0.1) is 7.11 Å². The van der Waals surface area contributed by atoms with E-state index in [9.17, 15) is 13.6 Å². The third kappa shape index (κ3) is 4.38. The fourth-order valence-electron chi connectivity index (χ4n) is 3.76. The lowest BCUT2D eigenvalue weighted by atomic mass is 9.79. The second kappa shape index (κ2) is 8.37. The molecule has 27 heavy (non-hydrogen) atoms. The zero-order valence-electron chi connectivity index (χ0n) is 15.2. The zero-order valence-corrected chi connectivity index (χ0v) is 15.2. The molecule has 1 N–H and O–H groups in total. The van der Waals surface area contributed by atoms with Gasteiger partial charge in [-0.3, -0.25) is 4.79 Å². The molecule has 1 aliphatic rings. The average molecular weight is 375 g/mol. The minimum absolute atomic E-state index is 0.0558. The van der Waals surface area contributed by atoms with E-state index in [1.54, 1.807) is 0 Å². The Labute approximate surface area is 157 Å². The number of methoxy groups -OCH3 is 1. The predicted molar refractivity (Wildman–Crippen MR) is 98.5 cm³/mol. The number of nitrogens with one attached hydrogen (secondary N) is 1. The Morgan fingerprint density at radius 2 is 1.81 bits per heavy atom. The van der Waals surface area contributed by atoms with Crippen molar-refractivity contribution in [2.75, 3.05) is 13.7 Å². The number of alkyl halides is 2. The largest absolute Gasteiger partial charge is 0.493 e. The van der Waals surface area contributed by atoms with E-state index in [2.05, 4.69) is 22.2 Å². The van der Waals surface area contributed by atoms with E-state index in [0.29, 0.717) is 12.1 Å². The molecular formula is C21H23F2NO3. The van der Waals surface area contributed by atoms with Gasteiger partial charge in [0.15, 0.2) is 11.5 Å². The Hall–Kier alpha value is -2.63. The Morgan fingerprint density at radius 3 is 2.44 bits per heavy atom. The molecule has 3 rings (SSSR count). The van der Waals surface area contributed by atoms with Crippen LogP contribution in [0.1, 0.15) is 41.6 Å². The smallest absolute Gasteiger partial charge is 0.387 e. The van der Waals surface area contributed by atoms with Gasteiger partial charge in [0.1, 0.15) is 0 Å². The fourth-order valence-corrected chi connectivity index (χ4v) is 3.76. The Balaban J connectivity index is 1.73. The number of benzene rings is 2. The van der Waals surface area contributed by atoms with Crippen molar-refractivity contribution in [2.24, 2.45) is 0 Å². The number of rotatable bonds is 7. The number of halogens is 2. The molecule has 0 aliphatic heterocycles. The molecule has 0 spiro atoms. The normalized spacial score (nSPS) is 15.6. The zero-order chi connectivity index (χ0) is 19.3. The predicted octanol–water partition coefficient (Wildman–Crippen LogP) is 4.54. The molecule has 144 valence electrons. The van der Waals surface area contributed by atoms with Gasteiger partial charge in [-0.2, -0.15) is 8.78 Å². The summed E-state index contributed by atoms with van der Waals surface area (Å²) in [5.74, 6) is -0.263. The van der Waals surface area contributed by atoms with Crippen molar-refractivity contribution in [1.82, 2.24) is 5.32 Å². The first kappa shape index (κ1) is 19.1. The highest BCUT2D eigenvalue weighted by molar-refractivity contribution is 5.95. The van der Waals surface area contributed by atoms with Crippen LogP contribution in [0, 0.1) is 0 Å². The van der Waals surface area contributed by atoms with Crippen molar-refractivity contribution in [2.45, 2.75) is 37.7 Å². The maximum Gasteiger partial charge on any atom is 0.387 e. The molecule has 0 radical (unpaired) electrons. The van der Waals surface area contributed by atoms with Crippen LogP contribution in [0.2, 0.25) is 0 Å². The highest BCUT2D eigenvalue weighted by Crippen LogP contribution is 2.40. The lowest BCUT2D eigenvalue weighted by Gasteiger charge is -2.30. The summed E-state index contributed by atoms with van der Waals surface area (Å²) in [7, 11) is 1.35. The average Bonchev–Trinajstić information content (AvgIpc) is 3.17. The fraction of sp³-hybridized carbons (Fsp3) is 0.381. The molecule has 0 aromatic heterocycles. The van der Waals surface area contributed by atoms with Crippen LogP contribution in [0.4, 0.5) is 8.78 Å². The van der Waals surface area contributed by atoms with Crippen LogP contribution in [0.15, 0.2) is 48.5 Å². The number of amides is 1. The molecule has 1 fully saturated rings. The van der Waals surface area contributed by atoms with Gasteiger partial charge in [-0.25, -0.2) is 0 Å². The highest BCUT2D eigenvalue weighted by Gasteiger charge is 2.35. The molecule has 1 amide bonds. The van der Waals surface area contributed by atoms with Gasteiger partial charge in [0.2, 0.25) is 0 Å². The lowest BCUT2D eigenvalue weighted by Crippen LogP contribution is -2.39. The molecule has 4 nitrogen and oxygen atoms in total. The van der Waals surface area contributed by atoms with Gasteiger partial charge in [-0.1, -0.05) is 43.2 Å². The van der Waals surface area contributed by atoms with E-state index in [0.717, 1.165) is 25.7 Å². The van der Waals surface area contributed by atoms with Crippen LogP contribution in [0.25, 0.3) is 0 Å². The van der Waals surface area contributed by atoms with Crippen LogP contribution in [0.5, 0.6) is 11.5 Å². The number of carbonyl (C=O) groups is 1. The van der Waals surface area contributed by atoms with Crippen LogP contribution in [-0.2, 0) is 5.41 Å². The van der Waals surface area contributed by atoms with Crippen LogP contribution in [-0.4, -0.2) is 26.2 Å². The van der Waals surface area contributed by atoms with E-state index in [4.69, 9.17) is 4.74 Å². The monoisotopic (exact) mass is 375 g/mol. The van der Waals surface area contributed by atoms with Gasteiger partial charge in [-0.15, -0.1) is 0 Å². The second-order valence-corrected chi connectivity index (χ2v) is 6.78. The van der Waals surface area contributed by atoms with Crippen LogP contribution < -0.4 is 14.8 Å². The maximum atomic E-state index is 12.6. The summed E-state index contributed by atoms with van der Waals surface area (Å²) in [5.41, 5.74) is 1.52. The molecule has 0 bridgehead atoms. The second-order valence-electron chi connectivity index (χ2n) is 6.78. The third-order valence-electron chi connectivity index (χ3n) is 5.18. The van der Waals surface area contributed by atoms with Crippen molar-refractivity contribution >= 4 is 5.91 Å². The van der Waals surface area contributed by atoms with E-state index in [1.807, 2.05) is 18.2 Å². The lowest BCUT2D eigenvalue weighted by molar-refractivity contribution is -0.0512. The summed E-state index contributed by atoms with van der Waals surface area (Å²) in [6.45, 7) is -2.42. The van der Waals surface area contributed by atoms with E-state index in [1.165, 1.54) is 30.9 Å².